The van der Waals surface area contributed by atoms with E-state index in [0.717, 1.165) is 5.56 Å². The third-order valence-electron chi connectivity index (χ3n) is 3.84. The number of aryl methyl sites for hydroxylation is 1. The molecule has 2 aromatic carbocycles. The van der Waals surface area contributed by atoms with Gasteiger partial charge in [-0.1, -0.05) is 29.3 Å². The van der Waals surface area contributed by atoms with E-state index in [1.807, 2.05) is 13.0 Å². The number of amides is 2. The van der Waals surface area contributed by atoms with E-state index < -0.39 is 0 Å². The highest BCUT2D eigenvalue weighted by Gasteiger charge is 2.16. The summed E-state index contributed by atoms with van der Waals surface area (Å²) in [5.41, 5.74) is 2.17. The quantitative estimate of drug-likeness (QED) is 0.772. The van der Waals surface area contributed by atoms with Gasteiger partial charge >= 0.3 is 0 Å². The highest BCUT2D eigenvalue weighted by Crippen LogP contribution is 2.27. The topological polar surface area (TPSA) is 58.6 Å². The SMILES string of the molecule is COc1ccc(NC(=O)CCN(C(C)=O)c2cc(Cl)ccc2C)cc1Cl. The first-order chi connectivity index (χ1) is 12.3. The highest BCUT2D eigenvalue weighted by atomic mass is 35.5. The minimum absolute atomic E-state index is 0.134. The zero-order valence-corrected chi connectivity index (χ0v) is 16.3. The Morgan fingerprint density at radius 1 is 1.15 bits per heavy atom. The van der Waals surface area contributed by atoms with Gasteiger partial charge in [0.2, 0.25) is 11.8 Å². The zero-order chi connectivity index (χ0) is 19.3. The van der Waals surface area contributed by atoms with Gasteiger partial charge in [0.05, 0.1) is 12.1 Å². The number of carbonyl (C=O) groups excluding carboxylic acids is 2. The molecule has 2 rings (SSSR count). The average Bonchev–Trinajstić information content (AvgIpc) is 2.58. The fourth-order valence-corrected chi connectivity index (χ4v) is 2.93. The Kier molecular flexibility index (Phi) is 6.89. The number of methoxy groups -OCH3 is 1. The first-order valence-electron chi connectivity index (χ1n) is 7.99. The summed E-state index contributed by atoms with van der Waals surface area (Å²) in [5, 5.41) is 3.71. The predicted octanol–water partition coefficient (Wildman–Crippen LogP) is 4.69. The summed E-state index contributed by atoms with van der Waals surface area (Å²) in [5.74, 6) is 0.150. The summed E-state index contributed by atoms with van der Waals surface area (Å²) < 4.78 is 5.08. The Balaban J connectivity index is 2.05. The highest BCUT2D eigenvalue weighted by molar-refractivity contribution is 6.32. The molecule has 2 amide bonds. The average molecular weight is 395 g/mol. The summed E-state index contributed by atoms with van der Waals surface area (Å²) in [6.07, 6.45) is 0.134. The molecular formula is C19H20Cl2N2O3. The normalized spacial score (nSPS) is 10.3. The molecule has 2 aromatic rings. The Hall–Kier alpha value is -2.24. The van der Waals surface area contributed by atoms with Crippen LogP contribution in [0.2, 0.25) is 10.0 Å². The summed E-state index contributed by atoms with van der Waals surface area (Å²) in [6, 6.07) is 10.3. The third-order valence-corrected chi connectivity index (χ3v) is 4.37. The molecule has 0 fully saturated rings. The molecule has 1 N–H and O–H groups in total. The molecule has 0 bridgehead atoms. The summed E-state index contributed by atoms with van der Waals surface area (Å²) in [4.78, 5) is 25.8. The van der Waals surface area contributed by atoms with Crippen LogP contribution in [0.25, 0.3) is 0 Å². The molecular weight excluding hydrogens is 375 g/mol. The van der Waals surface area contributed by atoms with Gasteiger partial charge < -0.3 is 15.0 Å². The summed E-state index contributed by atoms with van der Waals surface area (Å²) >= 11 is 12.1. The molecule has 26 heavy (non-hydrogen) atoms. The van der Waals surface area contributed by atoms with Crippen molar-refractivity contribution in [3.63, 3.8) is 0 Å². The first kappa shape index (κ1) is 20.1. The van der Waals surface area contributed by atoms with Crippen molar-refractivity contribution in [1.29, 1.82) is 0 Å². The number of nitrogens with one attached hydrogen (secondary N) is 1. The molecule has 0 unspecified atom stereocenters. The number of hydrogen-bond donors (Lipinski definition) is 1. The van der Waals surface area contributed by atoms with E-state index in [4.69, 9.17) is 27.9 Å². The van der Waals surface area contributed by atoms with Crippen molar-refractivity contribution in [2.75, 3.05) is 23.9 Å². The third kappa shape index (κ3) is 5.13. The van der Waals surface area contributed by atoms with Gasteiger partial charge in [-0.3, -0.25) is 9.59 Å². The molecule has 0 aromatic heterocycles. The van der Waals surface area contributed by atoms with E-state index in [2.05, 4.69) is 5.32 Å². The first-order valence-corrected chi connectivity index (χ1v) is 8.75. The molecule has 0 saturated carbocycles. The lowest BCUT2D eigenvalue weighted by molar-refractivity contribution is -0.117. The van der Waals surface area contributed by atoms with Crippen LogP contribution in [-0.4, -0.2) is 25.5 Å². The number of halogens is 2. The van der Waals surface area contributed by atoms with E-state index in [-0.39, 0.29) is 24.8 Å². The van der Waals surface area contributed by atoms with Crippen molar-refractivity contribution in [2.24, 2.45) is 0 Å². The number of carbonyl (C=O) groups is 2. The molecule has 0 aliphatic rings. The molecule has 0 aliphatic heterocycles. The molecule has 138 valence electrons. The molecule has 7 heteroatoms. The molecule has 0 heterocycles. The van der Waals surface area contributed by atoms with Gasteiger partial charge in [-0.15, -0.1) is 0 Å². The number of ether oxygens (including phenoxy) is 1. The molecule has 0 radical (unpaired) electrons. The van der Waals surface area contributed by atoms with Gasteiger partial charge in [-0.05, 0) is 42.8 Å². The number of benzene rings is 2. The second-order valence-corrected chi connectivity index (χ2v) is 6.59. The standard InChI is InChI=1S/C19H20Cl2N2O3/c1-12-4-5-14(20)10-17(12)23(13(2)24)9-8-19(25)22-15-6-7-18(26-3)16(21)11-15/h4-7,10-11H,8-9H2,1-3H3,(H,22,25). The van der Waals surface area contributed by atoms with E-state index in [1.54, 1.807) is 35.2 Å². The maximum atomic E-state index is 12.2. The summed E-state index contributed by atoms with van der Waals surface area (Å²) in [6.45, 7) is 3.59. The minimum Gasteiger partial charge on any atom is -0.495 e. The van der Waals surface area contributed by atoms with Crippen molar-refractivity contribution in [1.82, 2.24) is 0 Å². The van der Waals surface area contributed by atoms with Gasteiger partial charge in [-0.25, -0.2) is 0 Å². The van der Waals surface area contributed by atoms with E-state index >= 15 is 0 Å². The summed E-state index contributed by atoms with van der Waals surface area (Å²) in [7, 11) is 1.52. The lowest BCUT2D eigenvalue weighted by Gasteiger charge is -2.23. The Bertz CT molecular complexity index is 824. The van der Waals surface area contributed by atoms with Gasteiger partial charge in [0.15, 0.2) is 0 Å². The molecule has 0 saturated heterocycles. The lowest BCUT2D eigenvalue weighted by Crippen LogP contribution is -2.32. The fraction of sp³-hybridized carbons (Fsp3) is 0.263. The van der Waals surface area contributed by atoms with Gasteiger partial charge in [0.1, 0.15) is 5.75 Å². The second kappa shape index (κ2) is 8.92. The Morgan fingerprint density at radius 2 is 1.88 bits per heavy atom. The van der Waals surface area contributed by atoms with Crippen LogP contribution in [-0.2, 0) is 9.59 Å². The van der Waals surface area contributed by atoms with Crippen LogP contribution in [0.5, 0.6) is 5.75 Å². The number of anilines is 2. The molecule has 0 spiro atoms. The monoisotopic (exact) mass is 394 g/mol. The van der Waals surface area contributed by atoms with Gasteiger partial charge in [0.25, 0.3) is 0 Å². The number of rotatable bonds is 6. The Labute approximate surface area is 162 Å². The zero-order valence-electron chi connectivity index (χ0n) is 14.8. The predicted molar refractivity (Wildman–Crippen MR) is 105 cm³/mol. The van der Waals surface area contributed by atoms with Crippen LogP contribution in [0.15, 0.2) is 36.4 Å². The second-order valence-electron chi connectivity index (χ2n) is 5.75. The van der Waals surface area contributed by atoms with E-state index in [1.165, 1.54) is 14.0 Å². The van der Waals surface area contributed by atoms with Crippen LogP contribution in [0.1, 0.15) is 18.9 Å². The van der Waals surface area contributed by atoms with Crippen molar-refractivity contribution >= 4 is 46.4 Å². The Morgan fingerprint density at radius 3 is 2.50 bits per heavy atom. The molecule has 0 aliphatic carbocycles. The smallest absolute Gasteiger partial charge is 0.226 e. The van der Waals surface area contributed by atoms with Crippen LogP contribution in [0.3, 0.4) is 0 Å². The van der Waals surface area contributed by atoms with Crippen molar-refractivity contribution in [3.05, 3.63) is 52.0 Å². The molecule has 5 nitrogen and oxygen atoms in total. The van der Waals surface area contributed by atoms with E-state index in [0.29, 0.717) is 27.2 Å². The maximum Gasteiger partial charge on any atom is 0.226 e. The fourth-order valence-electron chi connectivity index (χ4n) is 2.50. The van der Waals surface area contributed by atoms with Crippen LogP contribution in [0.4, 0.5) is 11.4 Å². The van der Waals surface area contributed by atoms with Gasteiger partial charge in [-0.2, -0.15) is 0 Å². The van der Waals surface area contributed by atoms with Crippen molar-refractivity contribution < 1.29 is 14.3 Å². The number of nitrogens with zero attached hydrogens (tertiary/aromatic N) is 1. The van der Waals surface area contributed by atoms with Gasteiger partial charge in [0, 0.05) is 36.3 Å². The molecule has 0 atom stereocenters. The van der Waals surface area contributed by atoms with Crippen molar-refractivity contribution in [2.45, 2.75) is 20.3 Å². The van der Waals surface area contributed by atoms with Crippen LogP contribution in [0, 0.1) is 6.92 Å². The van der Waals surface area contributed by atoms with Crippen molar-refractivity contribution in [3.8, 4) is 5.75 Å². The number of hydrogen-bond acceptors (Lipinski definition) is 3. The largest absolute Gasteiger partial charge is 0.495 e. The maximum absolute atomic E-state index is 12.2. The van der Waals surface area contributed by atoms with E-state index in [9.17, 15) is 9.59 Å². The van der Waals surface area contributed by atoms with Crippen LogP contribution >= 0.6 is 23.2 Å². The lowest BCUT2D eigenvalue weighted by atomic mass is 10.1. The minimum atomic E-state index is -0.225. The van der Waals surface area contributed by atoms with Crippen LogP contribution < -0.4 is 15.0 Å².